The minimum absolute atomic E-state index is 0.235. The molecule has 1 aromatic heterocycles. The fraction of sp³-hybridized carbons (Fsp3) is 0.357. The standard InChI is InChI=1S/C14H17NO/c1-10-3-7-13-8-6-12(5-4-11(2)16)9-14(13)15-10/h3,6-9,11,16H,4-5H2,1-2H3/t11-/m0/s1. The van der Waals surface area contributed by atoms with Crippen molar-refractivity contribution in [1.29, 1.82) is 0 Å². The van der Waals surface area contributed by atoms with Crippen molar-refractivity contribution in [2.75, 3.05) is 0 Å². The van der Waals surface area contributed by atoms with Crippen LogP contribution in [0.1, 0.15) is 24.6 Å². The Morgan fingerprint density at radius 2 is 2.00 bits per heavy atom. The number of hydrogen-bond donors (Lipinski definition) is 1. The summed E-state index contributed by atoms with van der Waals surface area (Å²) in [6, 6.07) is 10.4. The predicted octanol–water partition coefficient (Wildman–Crippen LogP) is 2.86. The van der Waals surface area contributed by atoms with Gasteiger partial charge in [-0.25, -0.2) is 0 Å². The predicted molar refractivity (Wildman–Crippen MR) is 66.5 cm³/mol. The van der Waals surface area contributed by atoms with Gasteiger partial charge < -0.3 is 5.11 Å². The summed E-state index contributed by atoms with van der Waals surface area (Å²) in [6.07, 6.45) is 1.47. The number of aliphatic hydroxyl groups is 1. The summed E-state index contributed by atoms with van der Waals surface area (Å²) in [5, 5.41) is 10.4. The molecule has 0 fully saturated rings. The molecule has 0 aliphatic rings. The van der Waals surface area contributed by atoms with Crippen molar-refractivity contribution in [2.24, 2.45) is 0 Å². The highest BCUT2D eigenvalue weighted by Crippen LogP contribution is 2.16. The molecule has 84 valence electrons. The topological polar surface area (TPSA) is 33.1 Å². The zero-order valence-corrected chi connectivity index (χ0v) is 9.77. The van der Waals surface area contributed by atoms with E-state index in [9.17, 15) is 5.11 Å². The van der Waals surface area contributed by atoms with Crippen molar-refractivity contribution in [1.82, 2.24) is 4.98 Å². The van der Waals surface area contributed by atoms with Gasteiger partial charge in [0.2, 0.25) is 0 Å². The summed E-state index contributed by atoms with van der Waals surface area (Å²) < 4.78 is 0. The van der Waals surface area contributed by atoms with Crippen LogP contribution in [0.5, 0.6) is 0 Å². The number of benzene rings is 1. The molecule has 0 saturated carbocycles. The summed E-state index contributed by atoms with van der Waals surface area (Å²) in [5.41, 5.74) is 3.33. The van der Waals surface area contributed by atoms with E-state index >= 15 is 0 Å². The Labute approximate surface area is 96.0 Å². The first-order valence-corrected chi connectivity index (χ1v) is 5.69. The Morgan fingerprint density at radius 3 is 2.75 bits per heavy atom. The van der Waals surface area contributed by atoms with Crippen molar-refractivity contribution >= 4 is 10.9 Å². The van der Waals surface area contributed by atoms with Crippen LogP contribution in [-0.4, -0.2) is 16.2 Å². The van der Waals surface area contributed by atoms with E-state index in [0.29, 0.717) is 0 Å². The molecule has 0 saturated heterocycles. The average Bonchev–Trinajstić information content (AvgIpc) is 2.25. The lowest BCUT2D eigenvalue weighted by atomic mass is 10.1. The molecule has 0 spiro atoms. The summed E-state index contributed by atoms with van der Waals surface area (Å²) in [6.45, 7) is 3.82. The fourth-order valence-electron chi connectivity index (χ4n) is 1.80. The first-order chi connectivity index (χ1) is 7.65. The van der Waals surface area contributed by atoms with Crippen molar-refractivity contribution in [3.63, 3.8) is 0 Å². The fourth-order valence-corrected chi connectivity index (χ4v) is 1.80. The van der Waals surface area contributed by atoms with Gasteiger partial charge in [-0.1, -0.05) is 18.2 Å². The van der Waals surface area contributed by atoms with E-state index in [-0.39, 0.29) is 6.10 Å². The third kappa shape index (κ3) is 2.58. The third-order valence-electron chi connectivity index (χ3n) is 2.75. The summed E-state index contributed by atoms with van der Waals surface area (Å²) >= 11 is 0. The summed E-state index contributed by atoms with van der Waals surface area (Å²) in [7, 11) is 0. The van der Waals surface area contributed by atoms with Gasteiger partial charge in [0.1, 0.15) is 0 Å². The molecule has 0 aliphatic carbocycles. The molecular formula is C14H17NO. The van der Waals surface area contributed by atoms with E-state index in [4.69, 9.17) is 0 Å². The van der Waals surface area contributed by atoms with Crippen LogP contribution in [0.3, 0.4) is 0 Å². The Bertz CT molecular complexity index is 491. The van der Waals surface area contributed by atoms with Crippen molar-refractivity contribution < 1.29 is 5.11 Å². The molecule has 1 aromatic carbocycles. The second-order valence-corrected chi connectivity index (χ2v) is 4.37. The Morgan fingerprint density at radius 1 is 1.25 bits per heavy atom. The lowest BCUT2D eigenvalue weighted by Crippen LogP contribution is -2.01. The number of nitrogens with zero attached hydrogens (tertiary/aromatic N) is 1. The maximum Gasteiger partial charge on any atom is 0.0707 e. The number of aromatic nitrogens is 1. The molecule has 0 unspecified atom stereocenters. The zero-order chi connectivity index (χ0) is 11.5. The van der Waals surface area contributed by atoms with E-state index in [0.717, 1.165) is 24.1 Å². The van der Waals surface area contributed by atoms with E-state index in [1.807, 2.05) is 19.9 Å². The van der Waals surface area contributed by atoms with Gasteiger partial charge in [0.15, 0.2) is 0 Å². The van der Waals surface area contributed by atoms with Crippen LogP contribution in [0.4, 0.5) is 0 Å². The van der Waals surface area contributed by atoms with Gasteiger partial charge in [-0.2, -0.15) is 0 Å². The lowest BCUT2D eigenvalue weighted by Gasteiger charge is -2.05. The van der Waals surface area contributed by atoms with Crippen LogP contribution in [0.25, 0.3) is 10.9 Å². The number of aryl methyl sites for hydroxylation is 2. The van der Waals surface area contributed by atoms with Gasteiger partial charge in [-0.05, 0) is 44.4 Å². The van der Waals surface area contributed by atoms with Gasteiger partial charge in [0, 0.05) is 11.1 Å². The number of rotatable bonds is 3. The largest absolute Gasteiger partial charge is 0.393 e. The first kappa shape index (κ1) is 11.1. The Balaban J connectivity index is 2.28. The second kappa shape index (κ2) is 4.62. The zero-order valence-electron chi connectivity index (χ0n) is 9.77. The van der Waals surface area contributed by atoms with Crippen LogP contribution in [-0.2, 0) is 6.42 Å². The van der Waals surface area contributed by atoms with E-state index < -0.39 is 0 Å². The van der Waals surface area contributed by atoms with Crippen LogP contribution < -0.4 is 0 Å². The van der Waals surface area contributed by atoms with Gasteiger partial charge in [0.05, 0.1) is 11.6 Å². The molecule has 0 aliphatic heterocycles. The maximum absolute atomic E-state index is 9.26. The number of aliphatic hydroxyl groups excluding tert-OH is 1. The van der Waals surface area contributed by atoms with Crippen LogP contribution in [0.2, 0.25) is 0 Å². The quantitative estimate of drug-likeness (QED) is 0.854. The van der Waals surface area contributed by atoms with Crippen molar-refractivity contribution in [2.45, 2.75) is 32.8 Å². The molecule has 2 heteroatoms. The minimum atomic E-state index is -0.235. The SMILES string of the molecule is Cc1ccc2ccc(CC[C@H](C)O)cc2n1. The molecule has 0 radical (unpaired) electrons. The molecule has 0 amide bonds. The molecule has 1 heterocycles. The summed E-state index contributed by atoms with van der Waals surface area (Å²) in [5.74, 6) is 0. The minimum Gasteiger partial charge on any atom is -0.393 e. The highest BCUT2D eigenvalue weighted by molar-refractivity contribution is 5.79. The molecule has 16 heavy (non-hydrogen) atoms. The van der Waals surface area contributed by atoms with Crippen molar-refractivity contribution in [3.05, 3.63) is 41.6 Å². The molecule has 2 rings (SSSR count). The second-order valence-electron chi connectivity index (χ2n) is 4.37. The smallest absolute Gasteiger partial charge is 0.0707 e. The third-order valence-corrected chi connectivity index (χ3v) is 2.75. The molecule has 1 atom stereocenters. The van der Waals surface area contributed by atoms with Gasteiger partial charge >= 0.3 is 0 Å². The molecule has 1 N–H and O–H groups in total. The average molecular weight is 215 g/mol. The highest BCUT2D eigenvalue weighted by atomic mass is 16.3. The van der Waals surface area contributed by atoms with E-state index in [2.05, 4.69) is 29.2 Å². The van der Waals surface area contributed by atoms with Crippen LogP contribution in [0.15, 0.2) is 30.3 Å². The Kier molecular flexibility index (Phi) is 3.20. The molecule has 2 nitrogen and oxygen atoms in total. The number of hydrogen-bond acceptors (Lipinski definition) is 2. The molecule has 0 bridgehead atoms. The number of fused-ring (bicyclic) bond motifs is 1. The van der Waals surface area contributed by atoms with Gasteiger partial charge in [0.25, 0.3) is 0 Å². The van der Waals surface area contributed by atoms with Crippen LogP contribution >= 0.6 is 0 Å². The van der Waals surface area contributed by atoms with E-state index in [1.165, 1.54) is 10.9 Å². The molecular weight excluding hydrogens is 198 g/mol. The normalized spacial score (nSPS) is 12.9. The number of pyridine rings is 1. The van der Waals surface area contributed by atoms with Crippen LogP contribution in [0, 0.1) is 6.92 Å². The Hall–Kier alpha value is -1.41. The van der Waals surface area contributed by atoms with Gasteiger partial charge in [-0.15, -0.1) is 0 Å². The highest BCUT2D eigenvalue weighted by Gasteiger charge is 2.00. The van der Waals surface area contributed by atoms with Gasteiger partial charge in [-0.3, -0.25) is 4.98 Å². The van der Waals surface area contributed by atoms with E-state index in [1.54, 1.807) is 0 Å². The monoisotopic (exact) mass is 215 g/mol. The first-order valence-electron chi connectivity index (χ1n) is 5.69. The lowest BCUT2D eigenvalue weighted by molar-refractivity contribution is 0.185. The van der Waals surface area contributed by atoms with Crippen molar-refractivity contribution in [3.8, 4) is 0 Å². The summed E-state index contributed by atoms with van der Waals surface area (Å²) in [4.78, 5) is 4.50. The molecule has 2 aromatic rings. The maximum atomic E-state index is 9.26.